The van der Waals surface area contributed by atoms with E-state index >= 15 is 0 Å². The smallest absolute Gasteiger partial charge is 0.264 e. The van der Waals surface area contributed by atoms with E-state index in [4.69, 9.17) is 25.8 Å². The molecule has 7 rings (SSSR count). The summed E-state index contributed by atoms with van der Waals surface area (Å²) in [6.07, 6.45) is 8.53. The van der Waals surface area contributed by atoms with Crippen LogP contribution in [0.4, 0.5) is 5.69 Å². The van der Waals surface area contributed by atoms with Gasteiger partial charge in [0.2, 0.25) is 10.0 Å². The van der Waals surface area contributed by atoms with Gasteiger partial charge in [0, 0.05) is 35.0 Å². The molecule has 3 aliphatic heterocycles. The second-order valence-electron chi connectivity index (χ2n) is 15.4. The number of fused-ring (bicyclic) bond motifs is 4. The third kappa shape index (κ3) is 7.10. The van der Waals surface area contributed by atoms with E-state index in [1.165, 1.54) is 11.1 Å². The molecule has 1 spiro atoms. The van der Waals surface area contributed by atoms with Crippen LogP contribution in [0, 0.1) is 17.8 Å². The van der Waals surface area contributed by atoms with Crippen LogP contribution in [0.2, 0.25) is 5.02 Å². The number of hydrogen-bond acceptors (Lipinski definition) is 8. The molecular weight excluding hydrogens is 662 g/mol. The van der Waals surface area contributed by atoms with E-state index in [9.17, 15) is 13.2 Å². The SMILES string of the molecule is CC[C@@H]1CCCC[C@H](C2OCC(N(C)C)CO2)[C@@H]2CC[C@H]2CN2C[C@@]3(CCCc4cc(Cl)ccc43)COc3ccc(cc32)C(=O)NS1(=O)=O. The minimum Gasteiger partial charge on any atom is -0.490 e. The van der Waals surface area contributed by atoms with E-state index in [-0.39, 0.29) is 23.7 Å². The lowest BCUT2D eigenvalue weighted by molar-refractivity contribution is -0.240. The quantitative estimate of drug-likeness (QED) is 0.404. The third-order valence-electron chi connectivity index (χ3n) is 12.2. The average molecular weight is 714 g/mol. The normalized spacial score (nSPS) is 33.4. The first kappa shape index (κ1) is 35.1. The zero-order valence-corrected chi connectivity index (χ0v) is 30.7. The van der Waals surface area contributed by atoms with Crippen LogP contribution < -0.4 is 14.4 Å². The Bertz CT molecular complexity index is 1630. The van der Waals surface area contributed by atoms with E-state index in [2.05, 4.69) is 40.7 Å². The zero-order chi connectivity index (χ0) is 34.3. The van der Waals surface area contributed by atoms with Gasteiger partial charge in [-0.3, -0.25) is 4.79 Å². The molecule has 2 bridgehead atoms. The summed E-state index contributed by atoms with van der Waals surface area (Å²) in [6, 6.07) is 11.9. The lowest BCUT2D eigenvalue weighted by Crippen LogP contribution is -2.52. The van der Waals surface area contributed by atoms with Gasteiger partial charge >= 0.3 is 0 Å². The summed E-state index contributed by atoms with van der Waals surface area (Å²) >= 11 is 6.47. The molecule has 3 heterocycles. The number of rotatable bonds is 3. The van der Waals surface area contributed by atoms with Crippen molar-refractivity contribution in [1.82, 2.24) is 9.62 Å². The van der Waals surface area contributed by atoms with Crippen LogP contribution in [-0.2, 0) is 31.3 Å². The predicted octanol–water partition coefficient (Wildman–Crippen LogP) is 6.17. The first-order valence-electron chi connectivity index (χ1n) is 18.3. The third-order valence-corrected chi connectivity index (χ3v) is 14.4. The molecule has 1 N–H and O–H groups in total. The molecule has 1 saturated carbocycles. The molecule has 2 fully saturated rings. The van der Waals surface area contributed by atoms with Crippen molar-refractivity contribution in [2.75, 3.05) is 51.9 Å². The average Bonchev–Trinajstić information content (AvgIpc) is 3.22. The zero-order valence-electron chi connectivity index (χ0n) is 29.2. The van der Waals surface area contributed by atoms with Crippen molar-refractivity contribution in [2.45, 2.75) is 94.1 Å². The Morgan fingerprint density at radius 3 is 2.53 bits per heavy atom. The Labute approximate surface area is 297 Å². The van der Waals surface area contributed by atoms with Gasteiger partial charge in [-0.1, -0.05) is 37.4 Å². The molecule has 49 heavy (non-hydrogen) atoms. The first-order chi connectivity index (χ1) is 23.6. The second-order valence-corrected chi connectivity index (χ2v) is 17.8. The minimum absolute atomic E-state index is 0.228. The highest BCUT2D eigenvalue weighted by atomic mass is 35.5. The van der Waals surface area contributed by atoms with Crippen LogP contribution in [0.1, 0.15) is 86.2 Å². The number of nitrogens with one attached hydrogen (secondary N) is 1. The number of anilines is 1. The standard InChI is InChI=1S/C38H52ClN3O6S/c1-4-30-9-5-6-10-32(37-46-21-29(22-47-37)41(2)3)31-14-11-27(31)20-42-23-38(17-7-8-25-18-28(39)13-15-33(25)38)24-48-35-16-12-26(19-34(35)42)36(43)40-49(30,44)45/h12-13,15-16,18-19,27,29-32,37H,4-11,14,17,20-24H2,1-3H3,(H,40,43)/t27-,29?,30+,31+,32-,37?,38-/m0/s1. The van der Waals surface area contributed by atoms with Crippen LogP contribution in [0.25, 0.3) is 0 Å². The Morgan fingerprint density at radius 1 is 1.00 bits per heavy atom. The van der Waals surface area contributed by atoms with Gasteiger partial charge in [-0.25, -0.2) is 13.1 Å². The molecular formula is C38H52ClN3O6S. The molecule has 5 aliphatic rings. The Morgan fingerprint density at radius 2 is 1.80 bits per heavy atom. The fourth-order valence-electron chi connectivity index (χ4n) is 9.13. The maximum absolute atomic E-state index is 13.6. The second kappa shape index (κ2) is 14.3. The van der Waals surface area contributed by atoms with E-state index < -0.39 is 21.2 Å². The van der Waals surface area contributed by atoms with Crippen molar-refractivity contribution < 1.29 is 27.4 Å². The van der Waals surface area contributed by atoms with Gasteiger partial charge in [0.1, 0.15) is 5.75 Å². The molecule has 1 amide bonds. The predicted molar refractivity (Wildman–Crippen MR) is 192 cm³/mol. The number of hydrogen-bond donors (Lipinski definition) is 1. The largest absolute Gasteiger partial charge is 0.490 e. The molecule has 0 unspecified atom stereocenters. The summed E-state index contributed by atoms with van der Waals surface area (Å²) in [5.41, 5.74) is 3.51. The number of ether oxygens (including phenoxy) is 3. The number of benzene rings is 2. The summed E-state index contributed by atoms with van der Waals surface area (Å²) in [7, 11) is 0.259. The fraction of sp³-hybridized carbons (Fsp3) is 0.658. The van der Waals surface area contributed by atoms with Gasteiger partial charge in [0.25, 0.3) is 5.91 Å². The number of carbonyl (C=O) groups excluding carboxylic acids is 1. The molecule has 1 saturated heterocycles. The topological polar surface area (TPSA) is 97.4 Å². The number of aryl methyl sites for hydroxylation is 1. The fourth-order valence-corrected chi connectivity index (χ4v) is 10.8. The Kier molecular flexibility index (Phi) is 10.3. The molecule has 0 aromatic heterocycles. The monoisotopic (exact) mass is 713 g/mol. The summed E-state index contributed by atoms with van der Waals surface area (Å²) < 4.78 is 49.0. The number of carbonyl (C=O) groups is 1. The van der Waals surface area contributed by atoms with Crippen LogP contribution in [-0.4, -0.2) is 83.8 Å². The molecule has 9 nitrogen and oxygen atoms in total. The maximum atomic E-state index is 13.6. The van der Waals surface area contributed by atoms with Crippen LogP contribution in [0.3, 0.4) is 0 Å². The van der Waals surface area contributed by atoms with Gasteiger partial charge < -0.3 is 24.0 Å². The van der Waals surface area contributed by atoms with Gasteiger partial charge in [0.05, 0.1) is 36.8 Å². The number of sulfonamides is 1. The van der Waals surface area contributed by atoms with Crippen LogP contribution in [0.5, 0.6) is 5.75 Å². The number of nitrogens with zero attached hydrogens (tertiary/aromatic N) is 2. The van der Waals surface area contributed by atoms with Crippen molar-refractivity contribution in [1.29, 1.82) is 0 Å². The molecule has 5 atom stereocenters. The van der Waals surface area contributed by atoms with Crippen molar-refractivity contribution in [3.05, 3.63) is 58.1 Å². The number of halogens is 1. The van der Waals surface area contributed by atoms with Crippen molar-refractivity contribution in [3.63, 3.8) is 0 Å². The molecule has 11 heteroatoms. The molecule has 2 aromatic rings. The maximum Gasteiger partial charge on any atom is 0.264 e. The van der Waals surface area contributed by atoms with Crippen molar-refractivity contribution in [2.24, 2.45) is 17.8 Å². The Hall–Kier alpha value is -2.37. The van der Waals surface area contributed by atoms with Crippen LogP contribution in [0.15, 0.2) is 36.4 Å². The summed E-state index contributed by atoms with van der Waals surface area (Å²) in [5, 5.41) is 0.115. The Balaban J connectivity index is 1.26. The summed E-state index contributed by atoms with van der Waals surface area (Å²) in [4.78, 5) is 18.2. The summed E-state index contributed by atoms with van der Waals surface area (Å²) in [5.74, 6) is 1.22. The van der Waals surface area contributed by atoms with Gasteiger partial charge in [-0.2, -0.15) is 0 Å². The van der Waals surface area contributed by atoms with E-state index in [1.807, 2.05) is 25.1 Å². The lowest BCUT2D eigenvalue weighted by Gasteiger charge is -2.49. The molecule has 268 valence electrons. The molecule has 2 aromatic carbocycles. The highest BCUT2D eigenvalue weighted by Crippen LogP contribution is 2.49. The van der Waals surface area contributed by atoms with Crippen molar-refractivity contribution >= 4 is 33.2 Å². The first-order valence-corrected chi connectivity index (χ1v) is 20.3. The van der Waals surface area contributed by atoms with Gasteiger partial charge in [-0.15, -0.1) is 0 Å². The van der Waals surface area contributed by atoms with E-state index in [0.717, 1.165) is 80.9 Å². The summed E-state index contributed by atoms with van der Waals surface area (Å²) in [6.45, 7) is 5.25. The van der Waals surface area contributed by atoms with E-state index in [0.29, 0.717) is 50.1 Å². The van der Waals surface area contributed by atoms with Gasteiger partial charge in [0.15, 0.2) is 6.29 Å². The highest BCUT2D eigenvalue weighted by Gasteiger charge is 2.46. The number of likely N-dealkylation sites (N-methyl/N-ethyl adjacent to an activating group) is 1. The molecule has 2 aliphatic carbocycles. The number of amides is 1. The highest BCUT2D eigenvalue weighted by molar-refractivity contribution is 7.90. The molecule has 0 radical (unpaired) electrons. The van der Waals surface area contributed by atoms with Crippen molar-refractivity contribution in [3.8, 4) is 5.75 Å². The van der Waals surface area contributed by atoms with E-state index in [1.54, 1.807) is 6.07 Å². The minimum atomic E-state index is -3.87. The lowest BCUT2D eigenvalue weighted by atomic mass is 9.64. The van der Waals surface area contributed by atoms with Gasteiger partial charge in [-0.05, 0) is 119 Å². The van der Waals surface area contributed by atoms with Crippen LogP contribution >= 0.6 is 11.6 Å².